The van der Waals surface area contributed by atoms with E-state index in [1.54, 1.807) is 19.6 Å². The molecule has 3 heteroatoms. The SMILES string of the molecule is COC(C)CCC(=O)Cc1ccoc1. The normalized spacial score (nSPS) is 12.7. The number of Topliss-reactive ketones (excluding diaryl/α,β-unsaturated/α-hetero) is 1. The highest BCUT2D eigenvalue weighted by Crippen LogP contribution is 2.06. The van der Waals surface area contributed by atoms with Gasteiger partial charge in [0.05, 0.1) is 18.6 Å². The fourth-order valence-corrected chi connectivity index (χ4v) is 1.19. The minimum absolute atomic E-state index is 0.156. The average molecular weight is 196 g/mol. The minimum Gasteiger partial charge on any atom is -0.472 e. The van der Waals surface area contributed by atoms with Crippen LogP contribution in [0.4, 0.5) is 0 Å². The number of rotatable bonds is 6. The van der Waals surface area contributed by atoms with Gasteiger partial charge in [-0.25, -0.2) is 0 Å². The van der Waals surface area contributed by atoms with E-state index < -0.39 is 0 Å². The van der Waals surface area contributed by atoms with E-state index in [2.05, 4.69) is 0 Å². The van der Waals surface area contributed by atoms with Crippen molar-refractivity contribution in [3.63, 3.8) is 0 Å². The zero-order valence-corrected chi connectivity index (χ0v) is 8.66. The van der Waals surface area contributed by atoms with Crippen molar-refractivity contribution in [2.24, 2.45) is 0 Å². The third kappa shape index (κ3) is 3.75. The third-order valence-corrected chi connectivity index (χ3v) is 2.21. The predicted octanol–water partition coefficient (Wildman–Crippen LogP) is 2.21. The number of carbonyl (C=O) groups is 1. The van der Waals surface area contributed by atoms with Gasteiger partial charge in [0.25, 0.3) is 0 Å². The monoisotopic (exact) mass is 196 g/mol. The van der Waals surface area contributed by atoms with Gasteiger partial charge < -0.3 is 9.15 Å². The summed E-state index contributed by atoms with van der Waals surface area (Å²) in [5.74, 6) is 0.232. The van der Waals surface area contributed by atoms with E-state index in [1.165, 1.54) is 0 Å². The van der Waals surface area contributed by atoms with Gasteiger partial charge >= 0.3 is 0 Å². The molecule has 0 aromatic carbocycles. The summed E-state index contributed by atoms with van der Waals surface area (Å²) in [5.41, 5.74) is 0.945. The zero-order valence-electron chi connectivity index (χ0n) is 8.66. The van der Waals surface area contributed by atoms with Gasteiger partial charge in [-0.3, -0.25) is 4.79 Å². The number of hydrogen-bond donors (Lipinski definition) is 0. The van der Waals surface area contributed by atoms with E-state index in [0.717, 1.165) is 12.0 Å². The van der Waals surface area contributed by atoms with Crippen LogP contribution < -0.4 is 0 Å². The molecule has 0 aliphatic rings. The molecular formula is C11H16O3. The average Bonchev–Trinajstić information content (AvgIpc) is 2.66. The second-order valence-corrected chi connectivity index (χ2v) is 3.43. The smallest absolute Gasteiger partial charge is 0.137 e. The number of ether oxygens (including phenoxy) is 1. The molecule has 1 aromatic heterocycles. The lowest BCUT2D eigenvalue weighted by molar-refractivity contribution is -0.119. The van der Waals surface area contributed by atoms with Crippen molar-refractivity contribution in [3.8, 4) is 0 Å². The van der Waals surface area contributed by atoms with Gasteiger partial charge in [-0.1, -0.05) is 0 Å². The second kappa shape index (κ2) is 5.60. The molecule has 0 radical (unpaired) electrons. The van der Waals surface area contributed by atoms with Gasteiger partial charge in [0.2, 0.25) is 0 Å². The quantitative estimate of drug-likeness (QED) is 0.700. The maximum absolute atomic E-state index is 11.4. The summed E-state index contributed by atoms with van der Waals surface area (Å²) in [7, 11) is 1.66. The Kier molecular flexibility index (Phi) is 4.40. The molecule has 78 valence electrons. The zero-order chi connectivity index (χ0) is 10.4. The van der Waals surface area contributed by atoms with Crippen LogP contribution in [0.15, 0.2) is 23.0 Å². The van der Waals surface area contributed by atoms with Crippen molar-refractivity contribution in [3.05, 3.63) is 24.2 Å². The Balaban J connectivity index is 2.23. The second-order valence-electron chi connectivity index (χ2n) is 3.43. The molecule has 3 nitrogen and oxygen atoms in total. The van der Waals surface area contributed by atoms with E-state index in [-0.39, 0.29) is 11.9 Å². The summed E-state index contributed by atoms with van der Waals surface area (Å²) in [5, 5.41) is 0. The number of furan rings is 1. The number of hydrogen-bond acceptors (Lipinski definition) is 3. The van der Waals surface area contributed by atoms with Crippen LogP contribution in [-0.2, 0) is 16.0 Å². The molecule has 1 unspecified atom stereocenters. The fourth-order valence-electron chi connectivity index (χ4n) is 1.19. The summed E-state index contributed by atoms with van der Waals surface area (Å²) in [6.45, 7) is 1.96. The Bertz CT molecular complexity index is 264. The van der Waals surface area contributed by atoms with Crippen LogP contribution in [0.1, 0.15) is 25.3 Å². The Morgan fingerprint density at radius 3 is 3.00 bits per heavy atom. The molecule has 1 heterocycles. The number of methoxy groups -OCH3 is 1. The molecule has 0 amide bonds. The van der Waals surface area contributed by atoms with E-state index in [0.29, 0.717) is 12.8 Å². The van der Waals surface area contributed by atoms with Crippen LogP contribution in [0.25, 0.3) is 0 Å². The molecule has 1 aromatic rings. The molecule has 0 N–H and O–H groups in total. The fraction of sp³-hybridized carbons (Fsp3) is 0.545. The van der Waals surface area contributed by atoms with Crippen molar-refractivity contribution < 1.29 is 13.9 Å². The summed E-state index contributed by atoms with van der Waals surface area (Å²) in [6.07, 6.45) is 5.17. The molecule has 0 spiro atoms. The van der Waals surface area contributed by atoms with E-state index >= 15 is 0 Å². The molecular weight excluding hydrogens is 180 g/mol. The van der Waals surface area contributed by atoms with Crippen molar-refractivity contribution in [1.82, 2.24) is 0 Å². The first-order chi connectivity index (χ1) is 6.72. The Labute approximate surface area is 84.1 Å². The van der Waals surface area contributed by atoms with Gasteiger partial charge in [0, 0.05) is 20.0 Å². The topological polar surface area (TPSA) is 39.4 Å². The molecule has 0 aliphatic carbocycles. The van der Waals surface area contributed by atoms with Gasteiger partial charge in [-0.15, -0.1) is 0 Å². The number of carbonyl (C=O) groups excluding carboxylic acids is 1. The summed E-state index contributed by atoms with van der Waals surface area (Å²) in [6, 6.07) is 1.82. The predicted molar refractivity (Wildman–Crippen MR) is 53.1 cm³/mol. The summed E-state index contributed by atoms with van der Waals surface area (Å²) in [4.78, 5) is 11.4. The lowest BCUT2D eigenvalue weighted by Crippen LogP contribution is -2.09. The minimum atomic E-state index is 0.156. The molecule has 0 saturated heterocycles. The largest absolute Gasteiger partial charge is 0.472 e. The van der Waals surface area contributed by atoms with Crippen molar-refractivity contribution in [1.29, 1.82) is 0 Å². The van der Waals surface area contributed by atoms with Crippen LogP contribution in [0.2, 0.25) is 0 Å². The maximum atomic E-state index is 11.4. The van der Waals surface area contributed by atoms with Crippen LogP contribution in [0, 0.1) is 0 Å². The first kappa shape index (κ1) is 11.0. The maximum Gasteiger partial charge on any atom is 0.137 e. The molecule has 0 aliphatic heterocycles. The van der Waals surface area contributed by atoms with Gasteiger partial charge in [0.15, 0.2) is 0 Å². The third-order valence-electron chi connectivity index (χ3n) is 2.21. The molecule has 1 atom stereocenters. The van der Waals surface area contributed by atoms with Crippen molar-refractivity contribution in [2.75, 3.05) is 7.11 Å². The van der Waals surface area contributed by atoms with Gasteiger partial charge in [-0.05, 0) is 25.0 Å². The Morgan fingerprint density at radius 1 is 1.64 bits per heavy atom. The highest BCUT2D eigenvalue weighted by atomic mass is 16.5. The van der Waals surface area contributed by atoms with Crippen LogP contribution in [-0.4, -0.2) is 19.0 Å². The van der Waals surface area contributed by atoms with E-state index in [4.69, 9.17) is 9.15 Å². The first-order valence-electron chi connectivity index (χ1n) is 4.78. The summed E-state index contributed by atoms with van der Waals surface area (Å²) >= 11 is 0. The Morgan fingerprint density at radius 2 is 2.43 bits per heavy atom. The van der Waals surface area contributed by atoms with Gasteiger partial charge in [-0.2, -0.15) is 0 Å². The van der Waals surface area contributed by atoms with Crippen LogP contribution in [0.3, 0.4) is 0 Å². The highest BCUT2D eigenvalue weighted by molar-refractivity contribution is 5.80. The van der Waals surface area contributed by atoms with Crippen molar-refractivity contribution in [2.45, 2.75) is 32.3 Å². The molecule has 0 bridgehead atoms. The van der Waals surface area contributed by atoms with Crippen molar-refractivity contribution >= 4 is 5.78 Å². The molecule has 0 fully saturated rings. The molecule has 0 saturated carbocycles. The van der Waals surface area contributed by atoms with Crippen LogP contribution in [0.5, 0.6) is 0 Å². The lowest BCUT2D eigenvalue weighted by atomic mass is 10.1. The Hall–Kier alpha value is -1.09. The molecule has 1 rings (SSSR count). The summed E-state index contributed by atoms with van der Waals surface area (Å²) < 4.78 is 9.95. The van der Waals surface area contributed by atoms with E-state index in [9.17, 15) is 4.79 Å². The highest BCUT2D eigenvalue weighted by Gasteiger charge is 2.07. The lowest BCUT2D eigenvalue weighted by Gasteiger charge is -2.07. The molecule has 14 heavy (non-hydrogen) atoms. The van der Waals surface area contributed by atoms with Gasteiger partial charge in [0.1, 0.15) is 5.78 Å². The van der Waals surface area contributed by atoms with E-state index in [1.807, 2.05) is 13.0 Å². The number of ketones is 1. The van der Waals surface area contributed by atoms with Crippen LogP contribution >= 0.6 is 0 Å². The standard InChI is InChI=1S/C11H16O3/c1-9(13-2)3-4-11(12)7-10-5-6-14-8-10/h5-6,8-9H,3-4,7H2,1-2H3. The first-order valence-corrected chi connectivity index (χ1v) is 4.78.